The number of aromatic nitrogens is 4. The van der Waals surface area contributed by atoms with Crippen LogP contribution in [-0.4, -0.2) is 9.13 Å². The van der Waals surface area contributed by atoms with Crippen LogP contribution in [0.15, 0.2) is 103 Å². The molecule has 2 aliphatic heterocycles. The van der Waals surface area contributed by atoms with E-state index in [9.17, 15) is 0 Å². The van der Waals surface area contributed by atoms with Crippen LogP contribution in [0.25, 0.3) is 88.6 Å². The van der Waals surface area contributed by atoms with E-state index in [2.05, 4.69) is 184 Å². The first-order valence-corrected chi connectivity index (χ1v) is 18.8. The molecular formula is C49H48N4. The highest BCUT2D eigenvalue weighted by Gasteiger charge is 2.31. The van der Waals surface area contributed by atoms with Gasteiger partial charge in [0.15, 0.2) is 0 Å². The number of benzene rings is 4. The molecule has 0 aliphatic carbocycles. The highest BCUT2D eigenvalue weighted by atomic mass is 15.1. The monoisotopic (exact) mass is 692 g/mol. The van der Waals surface area contributed by atoms with Crippen molar-refractivity contribution in [2.24, 2.45) is 0 Å². The first kappa shape index (κ1) is 33.1. The lowest BCUT2D eigenvalue weighted by Crippen LogP contribution is -2.29. The zero-order chi connectivity index (χ0) is 37.3. The molecule has 0 N–H and O–H groups in total. The largest absolute Gasteiger partial charge is 0.336 e. The number of aryl methyl sites for hydroxylation is 3. The zero-order valence-corrected chi connectivity index (χ0v) is 32.5. The molecule has 0 amide bonds. The third kappa shape index (κ3) is 4.48. The lowest BCUT2D eigenvalue weighted by Gasteiger charge is -2.26. The Morgan fingerprint density at radius 1 is 0.434 bits per heavy atom. The van der Waals surface area contributed by atoms with Gasteiger partial charge in [-0.3, -0.25) is 0 Å². The zero-order valence-electron chi connectivity index (χ0n) is 32.5. The fourth-order valence-electron chi connectivity index (χ4n) is 9.60. The minimum atomic E-state index is -0.250. The third-order valence-corrected chi connectivity index (χ3v) is 11.5. The van der Waals surface area contributed by atoms with Crippen molar-refractivity contribution < 1.29 is 9.13 Å². The van der Waals surface area contributed by atoms with Crippen molar-refractivity contribution in [2.75, 3.05) is 0 Å². The molecule has 9 rings (SSSR count). The van der Waals surface area contributed by atoms with Gasteiger partial charge in [-0.2, -0.15) is 0 Å². The minimum absolute atomic E-state index is 0.245. The number of hydrogen-bond acceptors (Lipinski definition) is 0. The molecule has 0 spiro atoms. The Hall–Kier alpha value is -5.74. The summed E-state index contributed by atoms with van der Waals surface area (Å²) in [7, 11) is 9.72. The van der Waals surface area contributed by atoms with Crippen molar-refractivity contribution in [2.45, 2.75) is 73.4 Å². The van der Waals surface area contributed by atoms with E-state index in [1.807, 2.05) is 0 Å². The molecular weight excluding hydrogens is 645 g/mol. The molecule has 0 fully saturated rings. The van der Waals surface area contributed by atoms with Gasteiger partial charge in [0.1, 0.15) is 22.8 Å². The van der Waals surface area contributed by atoms with Gasteiger partial charge in [0.2, 0.25) is 0 Å². The smallest absolute Gasteiger partial charge is 0.117 e. The van der Waals surface area contributed by atoms with Crippen molar-refractivity contribution in [3.05, 3.63) is 134 Å². The van der Waals surface area contributed by atoms with Gasteiger partial charge in [-0.1, -0.05) is 97.1 Å². The van der Waals surface area contributed by atoms with Crippen LogP contribution in [0.4, 0.5) is 0 Å². The second kappa shape index (κ2) is 11.1. The summed E-state index contributed by atoms with van der Waals surface area (Å²) < 4.78 is 9.56. The van der Waals surface area contributed by atoms with Gasteiger partial charge in [0.05, 0.1) is 0 Å². The van der Waals surface area contributed by atoms with Crippen LogP contribution in [0, 0.1) is 34.9 Å². The van der Waals surface area contributed by atoms with Crippen molar-refractivity contribution in [3.63, 3.8) is 0 Å². The number of nitrogens with zero attached hydrogens (tertiary/aromatic N) is 4. The van der Waals surface area contributed by atoms with Crippen molar-refractivity contribution in [1.29, 1.82) is 0 Å². The van der Waals surface area contributed by atoms with E-state index in [0.717, 1.165) is 22.8 Å². The molecule has 0 unspecified atom stereocenters. The van der Waals surface area contributed by atoms with Gasteiger partial charge in [-0.05, 0) is 107 Å². The van der Waals surface area contributed by atoms with E-state index >= 15 is 0 Å². The minimum Gasteiger partial charge on any atom is -0.336 e. The maximum absolute atomic E-state index is 4.88. The fourth-order valence-corrected chi connectivity index (χ4v) is 9.60. The van der Waals surface area contributed by atoms with E-state index in [1.165, 1.54) is 82.6 Å². The fraction of sp³-hybridized carbons (Fsp3) is 0.224. The molecule has 0 radical (unpaired) electrons. The highest BCUT2D eigenvalue weighted by molar-refractivity contribution is 6.13. The second-order valence-corrected chi connectivity index (χ2v) is 16.9. The Labute approximate surface area is 313 Å². The summed E-state index contributed by atoms with van der Waals surface area (Å²) in [6.45, 7) is 20.8. The first-order chi connectivity index (χ1) is 25.2. The molecule has 3 aromatic heterocycles. The van der Waals surface area contributed by atoms with E-state index < -0.39 is 0 Å². The van der Waals surface area contributed by atoms with Gasteiger partial charge in [0, 0.05) is 68.8 Å². The first-order valence-electron chi connectivity index (χ1n) is 18.8. The van der Waals surface area contributed by atoms with Gasteiger partial charge < -0.3 is 18.3 Å². The molecule has 8 bridgehead atoms. The molecule has 0 saturated heterocycles. The summed E-state index contributed by atoms with van der Waals surface area (Å²) in [6.07, 6.45) is 0. The van der Waals surface area contributed by atoms with Gasteiger partial charge in [-0.25, -0.2) is 0 Å². The summed E-state index contributed by atoms with van der Waals surface area (Å²) in [5, 5.41) is 4.93. The van der Waals surface area contributed by atoms with E-state index in [1.54, 1.807) is 0 Å². The van der Waals surface area contributed by atoms with Gasteiger partial charge in [-0.15, -0.1) is 0 Å². The van der Waals surface area contributed by atoms with Crippen LogP contribution >= 0.6 is 0 Å². The quantitative estimate of drug-likeness (QED) is 0.111. The van der Waals surface area contributed by atoms with Crippen LogP contribution in [0.2, 0.25) is 0 Å². The number of fused-ring (bicyclic) bond motifs is 20. The summed E-state index contributed by atoms with van der Waals surface area (Å²) in [4.78, 5) is 0. The van der Waals surface area contributed by atoms with Crippen LogP contribution in [-0.2, 0) is 11.1 Å². The Bertz CT molecular complexity index is 2900. The lowest BCUT2D eigenvalue weighted by molar-refractivity contribution is -0.585. The highest BCUT2D eigenvalue weighted by Crippen LogP contribution is 2.46. The van der Waals surface area contributed by atoms with Crippen molar-refractivity contribution in [3.8, 4) is 45.0 Å². The summed E-state index contributed by atoms with van der Waals surface area (Å²) in [6, 6.07) is 37.9. The topological polar surface area (TPSA) is 17.6 Å². The van der Waals surface area contributed by atoms with Crippen LogP contribution < -0.4 is 9.13 Å². The van der Waals surface area contributed by atoms with Crippen LogP contribution in [0.1, 0.15) is 58.2 Å². The van der Waals surface area contributed by atoms with E-state index in [4.69, 9.17) is 14.1 Å². The molecule has 264 valence electrons. The molecule has 2 aliphatic rings. The summed E-state index contributed by atoms with van der Waals surface area (Å²) in [5.41, 5.74) is 17.2. The predicted octanol–water partition coefficient (Wildman–Crippen LogP) is 11.7. The molecule has 4 aromatic carbocycles. The van der Waals surface area contributed by atoms with Gasteiger partial charge >= 0.3 is 0 Å². The summed E-state index contributed by atoms with van der Waals surface area (Å²) in [5.74, 6) is 0. The molecule has 4 heteroatoms. The van der Waals surface area contributed by atoms with Crippen molar-refractivity contribution in [1.82, 2.24) is 9.13 Å². The SMILES string of the molecule is [CH2-][n+]1c2cc3c4ccccc4c(c(C)c4[n+]([CH2-])c(c(C)c5c6ccccc6c(c(C)c1-c1ccccc1-2)n5C(C)(C)C)-c1ccccc1-4)n3C(C)(C)C. The Morgan fingerprint density at radius 3 is 1.23 bits per heavy atom. The maximum Gasteiger partial charge on any atom is 0.117 e. The number of rotatable bonds is 0. The molecule has 4 nitrogen and oxygen atoms in total. The Morgan fingerprint density at radius 2 is 0.774 bits per heavy atom. The van der Waals surface area contributed by atoms with E-state index in [0.29, 0.717) is 0 Å². The average Bonchev–Trinajstić information content (AvgIpc) is 3.82. The Kier molecular flexibility index (Phi) is 6.96. The molecule has 0 saturated carbocycles. The molecule has 7 aromatic rings. The normalized spacial score (nSPS) is 12.8. The van der Waals surface area contributed by atoms with Gasteiger partial charge in [0.25, 0.3) is 0 Å². The van der Waals surface area contributed by atoms with E-state index in [-0.39, 0.29) is 11.1 Å². The molecule has 0 atom stereocenters. The molecule has 5 heterocycles. The standard InChI is InChI=1S/C49H48N4/c1-29-42-34-22-14-12-20-32(34)40(50(42)10)28-41-33-21-13-15-23-35(33)45(52(41)48(4,5)6)30(2)43-36-24-16-17-25-37(36)44(51(43)11)31(3)47-39-27-19-18-26-38(39)46(29)53(47)49(7,8)9/h12-28H,10-11H2,1-9H3. The Balaban J connectivity index is 1.71. The average molecular weight is 693 g/mol. The van der Waals surface area contributed by atoms with Crippen molar-refractivity contribution >= 4 is 43.6 Å². The lowest BCUT2D eigenvalue weighted by atomic mass is 9.99. The third-order valence-electron chi connectivity index (χ3n) is 11.5. The van der Waals surface area contributed by atoms with Crippen LogP contribution in [0.3, 0.4) is 0 Å². The second-order valence-electron chi connectivity index (χ2n) is 16.9. The summed E-state index contributed by atoms with van der Waals surface area (Å²) >= 11 is 0. The predicted molar refractivity (Wildman–Crippen MR) is 223 cm³/mol. The number of hydrogen-bond donors (Lipinski definition) is 0. The van der Waals surface area contributed by atoms with Crippen LogP contribution in [0.5, 0.6) is 0 Å². The maximum atomic E-state index is 4.88. The molecule has 53 heavy (non-hydrogen) atoms.